The molecule has 98 valence electrons. The molecule has 1 amide bonds. The summed E-state index contributed by atoms with van der Waals surface area (Å²) >= 11 is 0. The molecule has 0 spiro atoms. The van der Waals surface area contributed by atoms with Gasteiger partial charge in [0.2, 0.25) is 5.91 Å². The van der Waals surface area contributed by atoms with Crippen molar-refractivity contribution in [2.45, 2.75) is 38.5 Å². The van der Waals surface area contributed by atoms with Gasteiger partial charge in [-0.3, -0.25) is 4.79 Å². The van der Waals surface area contributed by atoms with Gasteiger partial charge in [0.05, 0.1) is 0 Å². The van der Waals surface area contributed by atoms with E-state index in [-0.39, 0.29) is 5.91 Å². The minimum Gasteiger partial charge on any atom is -0.399 e. The van der Waals surface area contributed by atoms with Crippen molar-refractivity contribution in [3.63, 3.8) is 0 Å². The van der Waals surface area contributed by atoms with Crippen molar-refractivity contribution < 1.29 is 4.79 Å². The molecule has 18 heavy (non-hydrogen) atoms. The fraction of sp³-hybridized carbons (Fsp3) is 0.533. The lowest BCUT2D eigenvalue weighted by atomic mass is 10.1. The Hall–Kier alpha value is -1.51. The molecule has 1 fully saturated rings. The molecule has 0 aromatic heterocycles. The highest BCUT2D eigenvalue weighted by molar-refractivity contribution is 5.76. The molecular formula is C15H22N2O. The van der Waals surface area contributed by atoms with E-state index in [0.717, 1.165) is 43.6 Å². The predicted molar refractivity (Wildman–Crippen MR) is 74.2 cm³/mol. The second kappa shape index (κ2) is 6.43. The summed E-state index contributed by atoms with van der Waals surface area (Å²) < 4.78 is 0. The normalized spacial score (nSPS) is 16.3. The SMILES string of the molecule is Nc1ccccc1CCC(=O)N1CCCCCC1. The number of hydrogen-bond acceptors (Lipinski definition) is 2. The largest absolute Gasteiger partial charge is 0.399 e. The molecule has 0 unspecified atom stereocenters. The highest BCUT2D eigenvalue weighted by atomic mass is 16.2. The Balaban J connectivity index is 1.86. The molecule has 0 atom stereocenters. The summed E-state index contributed by atoms with van der Waals surface area (Å²) in [6.07, 6.45) is 6.15. The minimum absolute atomic E-state index is 0.278. The first-order valence-electron chi connectivity index (χ1n) is 6.88. The van der Waals surface area contributed by atoms with E-state index in [1.807, 2.05) is 29.2 Å². The van der Waals surface area contributed by atoms with Gasteiger partial charge >= 0.3 is 0 Å². The topological polar surface area (TPSA) is 46.3 Å². The Kier molecular flexibility index (Phi) is 4.62. The van der Waals surface area contributed by atoms with Gasteiger partial charge in [-0.05, 0) is 30.9 Å². The van der Waals surface area contributed by atoms with Crippen LogP contribution >= 0.6 is 0 Å². The van der Waals surface area contributed by atoms with Crippen molar-refractivity contribution in [2.24, 2.45) is 0 Å². The lowest BCUT2D eigenvalue weighted by Gasteiger charge is -2.20. The Morgan fingerprint density at radius 1 is 1.11 bits per heavy atom. The van der Waals surface area contributed by atoms with Crippen LogP contribution in [-0.2, 0) is 11.2 Å². The third-order valence-corrected chi connectivity index (χ3v) is 3.62. The fourth-order valence-electron chi connectivity index (χ4n) is 2.48. The Labute approximate surface area is 109 Å². The van der Waals surface area contributed by atoms with E-state index in [2.05, 4.69) is 0 Å². The number of anilines is 1. The second-order valence-corrected chi connectivity index (χ2v) is 4.99. The van der Waals surface area contributed by atoms with Crippen molar-refractivity contribution in [3.8, 4) is 0 Å². The second-order valence-electron chi connectivity index (χ2n) is 4.99. The zero-order valence-electron chi connectivity index (χ0n) is 10.9. The molecule has 0 aliphatic carbocycles. The molecular weight excluding hydrogens is 224 g/mol. The summed E-state index contributed by atoms with van der Waals surface area (Å²) in [5.74, 6) is 0.278. The summed E-state index contributed by atoms with van der Waals surface area (Å²) in [6, 6.07) is 7.80. The molecule has 1 aliphatic heterocycles. The monoisotopic (exact) mass is 246 g/mol. The van der Waals surface area contributed by atoms with E-state index in [1.54, 1.807) is 0 Å². The molecule has 1 aromatic carbocycles. The summed E-state index contributed by atoms with van der Waals surface area (Å²) in [6.45, 7) is 1.87. The van der Waals surface area contributed by atoms with E-state index < -0.39 is 0 Å². The van der Waals surface area contributed by atoms with Crippen molar-refractivity contribution in [2.75, 3.05) is 18.8 Å². The maximum absolute atomic E-state index is 12.1. The standard InChI is InChI=1S/C15H22N2O/c16-14-8-4-3-7-13(14)9-10-15(18)17-11-5-1-2-6-12-17/h3-4,7-8H,1-2,5-6,9-12,16H2. The molecule has 0 radical (unpaired) electrons. The van der Waals surface area contributed by atoms with Crippen molar-refractivity contribution in [3.05, 3.63) is 29.8 Å². The summed E-state index contributed by atoms with van der Waals surface area (Å²) in [7, 11) is 0. The molecule has 1 saturated heterocycles. The number of carbonyl (C=O) groups is 1. The van der Waals surface area contributed by atoms with Crippen LogP contribution in [0.2, 0.25) is 0 Å². The molecule has 1 aromatic rings. The van der Waals surface area contributed by atoms with E-state index in [1.165, 1.54) is 12.8 Å². The number of nitrogens with zero attached hydrogens (tertiary/aromatic N) is 1. The maximum atomic E-state index is 12.1. The zero-order valence-corrected chi connectivity index (χ0v) is 10.9. The average molecular weight is 246 g/mol. The van der Waals surface area contributed by atoms with Crippen LogP contribution in [0.5, 0.6) is 0 Å². The molecule has 0 saturated carbocycles. The van der Waals surface area contributed by atoms with E-state index >= 15 is 0 Å². The van der Waals surface area contributed by atoms with Crippen molar-refractivity contribution in [1.82, 2.24) is 4.90 Å². The molecule has 1 heterocycles. The molecule has 1 aliphatic rings. The first kappa shape index (κ1) is 12.9. The average Bonchev–Trinajstić information content (AvgIpc) is 2.66. The van der Waals surface area contributed by atoms with Gasteiger partial charge in [0.1, 0.15) is 0 Å². The molecule has 0 bridgehead atoms. The smallest absolute Gasteiger partial charge is 0.222 e. The van der Waals surface area contributed by atoms with Gasteiger partial charge in [0.25, 0.3) is 0 Å². The highest BCUT2D eigenvalue weighted by Gasteiger charge is 2.15. The van der Waals surface area contributed by atoms with Gasteiger partial charge in [0.15, 0.2) is 0 Å². The van der Waals surface area contributed by atoms with Crippen LogP contribution in [0.3, 0.4) is 0 Å². The van der Waals surface area contributed by atoms with Crippen LogP contribution in [0.1, 0.15) is 37.7 Å². The number of rotatable bonds is 3. The number of aryl methyl sites for hydroxylation is 1. The quantitative estimate of drug-likeness (QED) is 0.833. The number of nitrogen functional groups attached to an aromatic ring is 1. The van der Waals surface area contributed by atoms with Crippen molar-refractivity contribution >= 4 is 11.6 Å². The van der Waals surface area contributed by atoms with Crippen LogP contribution in [0.15, 0.2) is 24.3 Å². The van der Waals surface area contributed by atoms with Gasteiger partial charge < -0.3 is 10.6 Å². The first-order valence-corrected chi connectivity index (χ1v) is 6.88. The van der Waals surface area contributed by atoms with E-state index in [4.69, 9.17) is 5.73 Å². The van der Waals surface area contributed by atoms with E-state index in [9.17, 15) is 4.79 Å². The minimum atomic E-state index is 0.278. The molecule has 3 heteroatoms. The number of benzene rings is 1. The zero-order chi connectivity index (χ0) is 12.8. The Morgan fingerprint density at radius 2 is 1.78 bits per heavy atom. The van der Waals surface area contributed by atoms with Gasteiger partial charge in [0, 0.05) is 25.2 Å². The third kappa shape index (κ3) is 3.49. The molecule has 2 N–H and O–H groups in total. The Morgan fingerprint density at radius 3 is 2.44 bits per heavy atom. The summed E-state index contributed by atoms with van der Waals surface area (Å²) in [4.78, 5) is 14.1. The highest BCUT2D eigenvalue weighted by Crippen LogP contribution is 2.15. The number of nitrogens with two attached hydrogens (primary N) is 1. The predicted octanol–water partition coefficient (Wildman–Crippen LogP) is 2.60. The Bertz CT molecular complexity index is 395. The first-order chi connectivity index (χ1) is 8.77. The lowest BCUT2D eigenvalue weighted by Crippen LogP contribution is -2.31. The summed E-state index contributed by atoms with van der Waals surface area (Å²) in [5.41, 5.74) is 7.76. The third-order valence-electron chi connectivity index (χ3n) is 3.62. The van der Waals surface area contributed by atoms with Crippen molar-refractivity contribution in [1.29, 1.82) is 0 Å². The van der Waals surface area contributed by atoms with Crippen LogP contribution in [0.4, 0.5) is 5.69 Å². The maximum Gasteiger partial charge on any atom is 0.222 e. The number of hydrogen-bond donors (Lipinski definition) is 1. The number of likely N-dealkylation sites (tertiary alicyclic amines) is 1. The van der Waals surface area contributed by atoms with E-state index in [0.29, 0.717) is 6.42 Å². The van der Waals surface area contributed by atoms with Crippen LogP contribution in [0, 0.1) is 0 Å². The van der Waals surface area contributed by atoms with Gasteiger partial charge in [-0.25, -0.2) is 0 Å². The van der Waals surface area contributed by atoms with Crippen LogP contribution in [-0.4, -0.2) is 23.9 Å². The van der Waals surface area contributed by atoms with Crippen LogP contribution < -0.4 is 5.73 Å². The molecule has 3 nitrogen and oxygen atoms in total. The fourth-order valence-corrected chi connectivity index (χ4v) is 2.48. The lowest BCUT2D eigenvalue weighted by molar-refractivity contribution is -0.131. The molecule has 2 rings (SSSR count). The van der Waals surface area contributed by atoms with Gasteiger partial charge in [-0.2, -0.15) is 0 Å². The van der Waals surface area contributed by atoms with Crippen LogP contribution in [0.25, 0.3) is 0 Å². The van der Waals surface area contributed by atoms with Gasteiger partial charge in [-0.1, -0.05) is 31.0 Å². The number of amides is 1. The van der Waals surface area contributed by atoms with Gasteiger partial charge in [-0.15, -0.1) is 0 Å². The summed E-state index contributed by atoms with van der Waals surface area (Å²) in [5, 5.41) is 0. The number of carbonyl (C=O) groups excluding carboxylic acids is 1. The number of para-hydroxylation sites is 1.